The van der Waals surface area contributed by atoms with E-state index in [2.05, 4.69) is 21.4 Å². The molecule has 0 aliphatic heterocycles. The van der Waals surface area contributed by atoms with Gasteiger partial charge in [-0.3, -0.25) is 0 Å². The predicted molar refractivity (Wildman–Crippen MR) is 138 cm³/mol. The third-order valence-corrected chi connectivity index (χ3v) is 6.10. The smallest absolute Gasteiger partial charge is 0.337 e. The van der Waals surface area contributed by atoms with E-state index < -0.39 is 5.97 Å². The normalized spacial score (nSPS) is 11.9. The Morgan fingerprint density at radius 2 is 1.69 bits per heavy atom. The molecule has 5 aromatic rings. The zero-order valence-electron chi connectivity index (χ0n) is 19.7. The van der Waals surface area contributed by atoms with Crippen LogP contribution in [0.3, 0.4) is 0 Å². The Morgan fingerprint density at radius 3 is 2.42 bits per heavy atom. The van der Waals surface area contributed by atoms with Gasteiger partial charge in [-0.05, 0) is 66.9 Å². The number of pyridine rings is 1. The summed E-state index contributed by atoms with van der Waals surface area (Å²) in [5.74, 6) is -1.31. The number of fused-ring (bicyclic) bond motifs is 1. The lowest BCUT2D eigenvalue weighted by Crippen LogP contribution is -2.11. The molecule has 5 rings (SSSR count). The van der Waals surface area contributed by atoms with Crippen LogP contribution in [-0.2, 0) is 0 Å². The minimum absolute atomic E-state index is 0.206. The molecule has 0 spiro atoms. The third kappa shape index (κ3) is 4.51. The number of carboxylic acids is 1. The highest BCUT2D eigenvalue weighted by Crippen LogP contribution is 2.36. The van der Waals surface area contributed by atoms with E-state index in [1.807, 2.05) is 26.0 Å². The summed E-state index contributed by atoms with van der Waals surface area (Å²) in [6.07, 6.45) is 4.88. The molecule has 0 amide bonds. The molecule has 0 saturated carbocycles. The number of aromatic nitrogens is 3. The lowest BCUT2D eigenvalue weighted by molar-refractivity contribution is 0.0698. The van der Waals surface area contributed by atoms with Crippen molar-refractivity contribution in [2.75, 3.05) is 5.32 Å². The fourth-order valence-corrected chi connectivity index (χ4v) is 4.40. The van der Waals surface area contributed by atoms with Gasteiger partial charge in [0.1, 0.15) is 12.1 Å². The number of nitrogens with zero attached hydrogens (tertiary/aromatic N) is 3. The molecule has 0 bridgehead atoms. The first kappa shape index (κ1) is 23.1. The molecule has 2 N–H and O–H groups in total. The molecule has 1 atom stereocenters. The average molecular weight is 479 g/mol. The standard InChI is InChI=1S/C29H23FN4O2/c1-17-11-23(18(2)33-26-6-4-3-5-22(26)29(35)36)25-13-24(19-7-9-21(30)10-8-19)28(34-27(25)12-17)20-14-31-16-32-15-20/h3-16,18,33H,1-2H3,(H,35,36). The van der Waals surface area contributed by atoms with Crippen LogP contribution in [0, 0.1) is 12.7 Å². The summed E-state index contributed by atoms with van der Waals surface area (Å²) < 4.78 is 13.7. The quantitative estimate of drug-likeness (QED) is 0.283. The first-order valence-corrected chi connectivity index (χ1v) is 11.5. The Hall–Kier alpha value is -4.65. The minimum atomic E-state index is -0.991. The monoisotopic (exact) mass is 478 g/mol. The maximum absolute atomic E-state index is 13.7. The second-order valence-corrected chi connectivity index (χ2v) is 8.66. The van der Waals surface area contributed by atoms with Crippen molar-refractivity contribution < 1.29 is 14.3 Å². The van der Waals surface area contributed by atoms with Crippen LogP contribution in [-0.4, -0.2) is 26.0 Å². The van der Waals surface area contributed by atoms with Crippen LogP contribution in [0.4, 0.5) is 10.1 Å². The first-order chi connectivity index (χ1) is 17.4. The van der Waals surface area contributed by atoms with E-state index in [0.29, 0.717) is 11.4 Å². The van der Waals surface area contributed by atoms with Crippen LogP contribution in [0.15, 0.2) is 85.5 Å². The van der Waals surface area contributed by atoms with Crippen molar-refractivity contribution in [2.24, 2.45) is 0 Å². The Bertz CT molecular complexity index is 1570. The SMILES string of the molecule is Cc1cc(C(C)Nc2ccccc2C(=O)O)c2cc(-c3ccc(F)cc3)c(-c3cncnc3)nc2c1. The maximum Gasteiger partial charge on any atom is 0.337 e. The molecule has 0 aliphatic carbocycles. The summed E-state index contributed by atoms with van der Waals surface area (Å²) in [7, 11) is 0. The molecule has 0 radical (unpaired) electrons. The van der Waals surface area contributed by atoms with Gasteiger partial charge in [0, 0.05) is 40.6 Å². The number of carboxylic acid groups (broad SMARTS) is 1. The molecular formula is C29H23FN4O2. The summed E-state index contributed by atoms with van der Waals surface area (Å²) >= 11 is 0. The van der Waals surface area contributed by atoms with Gasteiger partial charge in [-0.25, -0.2) is 24.1 Å². The lowest BCUT2D eigenvalue weighted by Gasteiger charge is -2.21. The number of halogens is 1. The summed E-state index contributed by atoms with van der Waals surface area (Å²) in [6.45, 7) is 3.99. The second kappa shape index (κ2) is 9.54. The number of hydrogen-bond acceptors (Lipinski definition) is 5. The predicted octanol–water partition coefficient (Wildman–Crippen LogP) is 6.68. The van der Waals surface area contributed by atoms with Gasteiger partial charge >= 0.3 is 5.97 Å². The van der Waals surface area contributed by atoms with Crippen LogP contribution in [0.1, 0.15) is 34.5 Å². The fraction of sp³-hybridized carbons (Fsp3) is 0.103. The van der Waals surface area contributed by atoms with Gasteiger partial charge in [0.15, 0.2) is 0 Å². The minimum Gasteiger partial charge on any atom is -0.478 e. The summed E-state index contributed by atoms with van der Waals surface area (Å²) in [4.78, 5) is 25.0. The summed E-state index contributed by atoms with van der Waals surface area (Å²) in [5, 5.41) is 13.9. The summed E-state index contributed by atoms with van der Waals surface area (Å²) in [5.41, 5.74) is 6.61. The zero-order valence-corrected chi connectivity index (χ0v) is 19.7. The molecule has 2 heterocycles. The van der Waals surface area contributed by atoms with Gasteiger partial charge in [0.05, 0.1) is 16.8 Å². The molecule has 6 nitrogen and oxygen atoms in total. The molecule has 0 saturated heterocycles. The molecule has 3 aromatic carbocycles. The van der Waals surface area contributed by atoms with E-state index in [9.17, 15) is 14.3 Å². The topological polar surface area (TPSA) is 88.0 Å². The van der Waals surface area contributed by atoms with E-state index >= 15 is 0 Å². The van der Waals surface area contributed by atoms with Crippen LogP contribution in [0.25, 0.3) is 33.3 Å². The molecule has 0 aliphatic rings. The van der Waals surface area contributed by atoms with E-state index in [1.165, 1.54) is 18.5 Å². The van der Waals surface area contributed by atoms with Crippen LogP contribution >= 0.6 is 0 Å². The number of benzene rings is 3. The van der Waals surface area contributed by atoms with Crippen molar-refractivity contribution in [2.45, 2.75) is 19.9 Å². The van der Waals surface area contributed by atoms with Gasteiger partial charge in [0.25, 0.3) is 0 Å². The highest BCUT2D eigenvalue weighted by atomic mass is 19.1. The fourth-order valence-electron chi connectivity index (χ4n) is 4.40. The van der Waals surface area contributed by atoms with Gasteiger partial charge in [-0.15, -0.1) is 0 Å². The molecule has 2 aromatic heterocycles. The highest BCUT2D eigenvalue weighted by Gasteiger charge is 2.18. The summed E-state index contributed by atoms with van der Waals surface area (Å²) in [6, 6.07) is 19.1. The number of carbonyl (C=O) groups is 1. The van der Waals surface area contributed by atoms with Crippen LogP contribution in [0.2, 0.25) is 0 Å². The van der Waals surface area contributed by atoms with Gasteiger partial charge in [-0.1, -0.05) is 30.3 Å². The van der Waals surface area contributed by atoms with Crippen molar-refractivity contribution in [3.8, 4) is 22.4 Å². The van der Waals surface area contributed by atoms with E-state index in [0.717, 1.165) is 38.7 Å². The number of aryl methyl sites for hydroxylation is 1. The number of hydrogen-bond donors (Lipinski definition) is 2. The number of anilines is 1. The number of rotatable bonds is 6. The number of nitrogens with one attached hydrogen (secondary N) is 1. The van der Waals surface area contributed by atoms with Crippen molar-refractivity contribution in [1.29, 1.82) is 0 Å². The van der Waals surface area contributed by atoms with E-state index in [4.69, 9.17) is 4.98 Å². The molecule has 7 heteroatoms. The Balaban J connectivity index is 1.70. The van der Waals surface area contributed by atoms with Crippen molar-refractivity contribution in [3.05, 3.63) is 108 Å². The lowest BCUT2D eigenvalue weighted by atomic mass is 9.93. The molecule has 36 heavy (non-hydrogen) atoms. The van der Waals surface area contributed by atoms with E-state index in [-0.39, 0.29) is 17.4 Å². The first-order valence-electron chi connectivity index (χ1n) is 11.5. The van der Waals surface area contributed by atoms with Crippen LogP contribution < -0.4 is 5.32 Å². The van der Waals surface area contributed by atoms with Gasteiger partial charge in [-0.2, -0.15) is 0 Å². The molecule has 1 unspecified atom stereocenters. The van der Waals surface area contributed by atoms with Crippen molar-refractivity contribution in [3.63, 3.8) is 0 Å². The average Bonchev–Trinajstić information content (AvgIpc) is 2.88. The molecular weight excluding hydrogens is 455 g/mol. The maximum atomic E-state index is 13.7. The van der Waals surface area contributed by atoms with Gasteiger partial charge < -0.3 is 10.4 Å². The zero-order chi connectivity index (χ0) is 25.2. The Labute approximate surface area is 207 Å². The number of para-hydroxylation sites is 1. The second-order valence-electron chi connectivity index (χ2n) is 8.66. The van der Waals surface area contributed by atoms with Crippen LogP contribution in [0.5, 0.6) is 0 Å². The van der Waals surface area contributed by atoms with Gasteiger partial charge in [0.2, 0.25) is 0 Å². The third-order valence-electron chi connectivity index (χ3n) is 6.10. The highest BCUT2D eigenvalue weighted by molar-refractivity contribution is 5.95. The largest absolute Gasteiger partial charge is 0.478 e. The van der Waals surface area contributed by atoms with E-state index in [1.54, 1.807) is 48.8 Å². The molecule has 0 fully saturated rings. The van der Waals surface area contributed by atoms with Crippen molar-refractivity contribution >= 4 is 22.6 Å². The molecule has 178 valence electrons. The van der Waals surface area contributed by atoms with Crippen molar-refractivity contribution in [1.82, 2.24) is 15.0 Å². The number of aromatic carboxylic acids is 1. The Kier molecular flexibility index (Phi) is 6.12. The Morgan fingerprint density at radius 1 is 0.972 bits per heavy atom.